The van der Waals surface area contributed by atoms with Crippen LogP contribution in [0.15, 0.2) is 29.2 Å². The predicted octanol–water partition coefficient (Wildman–Crippen LogP) is 2.34. The standard InChI is InChI=1S/C12H13FN2O/c1-2-3-7-15-12(16)11-9(8-14-15)5-4-6-10(11)13/h4-6,8H,2-3,7H2,1H3. The van der Waals surface area contributed by atoms with Gasteiger partial charge >= 0.3 is 0 Å². The molecule has 84 valence electrons. The SMILES string of the molecule is CCCCn1ncc2cccc(F)c2c1=O. The average molecular weight is 220 g/mol. The number of benzene rings is 1. The van der Waals surface area contributed by atoms with Crippen molar-refractivity contribution in [3.8, 4) is 0 Å². The highest BCUT2D eigenvalue weighted by Gasteiger charge is 2.07. The van der Waals surface area contributed by atoms with Gasteiger partial charge in [-0.25, -0.2) is 9.07 Å². The van der Waals surface area contributed by atoms with Crippen molar-refractivity contribution in [1.29, 1.82) is 0 Å². The number of fused-ring (bicyclic) bond motifs is 1. The number of halogens is 1. The summed E-state index contributed by atoms with van der Waals surface area (Å²) in [6.07, 6.45) is 3.38. The van der Waals surface area contributed by atoms with Crippen LogP contribution in [0.2, 0.25) is 0 Å². The minimum Gasteiger partial charge on any atom is -0.267 e. The smallest absolute Gasteiger partial charge is 0.267 e. The Hall–Kier alpha value is -1.71. The number of aryl methyl sites for hydroxylation is 1. The van der Waals surface area contributed by atoms with Crippen LogP contribution in [-0.4, -0.2) is 9.78 Å². The Labute approximate surface area is 92.5 Å². The number of hydrogen-bond acceptors (Lipinski definition) is 2. The lowest BCUT2D eigenvalue weighted by Crippen LogP contribution is -2.23. The fourth-order valence-electron chi connectivity index (χ4n) is 1.65. The van der Waals surface area contributed by atoms with E-state index in [2.05, 4.69) is 5.10 Å². The molecule has 2 rings (SSSR count). The van der Waals surface area contributed by atoms with Gasteiger partial charge in [0.25, 0.3) is 5.56 Å². The number of unbranched alkanes of at least 4 members (excludes halogenated alkanes) is 1. The van der Waals surface area contributed by atoms with Crippen LogP contribution < -0.4 is 5.56 Å². The van der Waals surface area contributed by atoms with Crippen molar-refractivity contribution in [2.75, 3.05) is 0 Å². The first-order valence-electron chi connectivity index (χ1n) is 5.38. The summed E-state index contributed by atoms with van der Waals surface area (Å²) in [6.45, 7) is 2.58. The maximum atomic E-state index is 13.5. The van der Waals surface area contributed by atoms with Gasteiger partial charge in [0.2, 0.25) is 0 Å². The molecular weight excluding hydrogens is 207 g/mol. The highest BCUT2D eigenvalue weighted by Crippen LogP contribution is 2.11. The minimum atomic E-state index is -0.477. The summed E-state index contributed by atoms with van der Waals surface area (Å²) in [5.74, 6) is -0.477. The van der Waals surface area contributed by atoms with Gasteiger partial charge in [0.05, 0.1) is 11.6 Å². The van der Waals surface area contributed by atoms with Gasteiger partial charge in [0.15, 0.2) is 0 Å². The Bertz CT molecular complexity index is 562. The molecule has 2 aromatic rings. The normalized spacial score (nSPS) is 10.9. The van der Waals surface area contributed by atoms with E-state index in [-0.39, 0.29) is 10.9 Å². The highest BCUT2D eigenvalue weighted by molar-refractivity contribution is 5.80. The van der Waals surface area contributed by atoms with Crippen LogP contribution >= 0.6 is 0 Å². The molecule has 0 amide bonds. The first kappa shape index (κ1) is 10.8. The lowest BCUT2D eigenvalue weighted by Gasteiger charge is -2.05. The van der Waals surface area contributed by atoms with Crippen LogP contribution in [0.1, 0.15) is 19.8 Å². The second-order valence-electron chi connectivity index (χ2n) is 3.73. The first-order chi connectivity index (χ1) is 7.74. The van der Waals surface area contributed by atoms with Gasteiger partial charge in [-0.1, -0.05) is 25.5 Å². The molecule has 0 unspecified atom stereocenters. The summed E-state index contributed by atoms with van der Waals surface area (Å²) >= 11 is 0. The van der Waals surface area contributed by atoms with Crippen LogP contribution in [0.5, 0.6) is 0 Å². The monoisotopic (exact) mass is 220 g/mol. The van der Waals surface area contributed by atoms with E-state index in [4.69, 9.17) is 0 Å². The maximum Gasteiger partial charge on any atom is 0.277 e. The van der Waals surface area contributed by atoms with E-state index < -0.39 is 5.82 Å². The van der Waals surface area contributed by atoms with Crippen LogP contribution in [0.4, 0.5) is 4.39 Å². The topological polar surface area (TPSA) is 34.9 Å². The number of rotatable bonds is 3. The Kier molecular flexibility index (Phi) is 2.99. The van der Waals surface area contributed by atoms with Crippen molar-refractivity contribution in [3.63, 3.8) is 0 Å². The molecule has 3 nitrogen and oxygen atoms in total. The lowest BCUT2D eigenvalue weighted by molar-refractivity contribution is 0.544. The van der Waals surface area contributed by atoms with E-state index in [1.165, 1.54) is 16.9 Å². The fraction of sp³-hybridized carbons (Fsp3) is 0.333. The molecule has 0 atom stereocenters. The highest BCUT2D eigenvalue weighted by atomic mass is 19.1. The molecular formula is C12H13FN2O. The molecule has 0 radical (unpaired) electrons. The van der Waals surface area contributed by atoms with E-state index in [1.807, 2.05) is 6.92 Å². The Morgan fingerprint density at radius 2 is 2.25 bits per heavy atom. The number of nitrogens with zero attached hydrogens (tertiary/aromatic N) is 2. The summed E-state index contributed by atoms with van der Waals surface area (Å²) in [7, 11) is 0. The van der Waals surface area contributed by atoms with Gasteiger partial charge in [0, 0.05) is 11.9 Å². The summed E-state index contributed by atoms with van der Waals surface area (Å²) in [5.41, 5.74) is -0.343. The van der Waals surface area contributed by atoms with E-state index in [1.54, 1.807) is 12.1 Å². The molecule has 0 aliphatic rings. The van der Waals surface area contributed by atoms with Crippen LogP contribution in [-0.2, 0) is 6.54 Å². The van der Waals surface area contributed by atoms with Crippen LogP contribution in [0.25, 0.3) is 10.8 Å². The van der Waals surface area contributed by atoms with E-state index in [0.717, 1.165) is 12.8 Å². The number of aromatic nitrogens is 2. The maximum absolute atomic E-state index is 13.5. The third kappa shape index (κ3) is 1.83. The van der Waals surface area contributed by atoms with Crippen molar-refractivity contribution in [2.45, 2.75) is 26.3 Å². The molecule has 0 spiro atoms. The van der Waals surface area contributed by atoms with Gasteiger partial charge in [-0.3, -0.25) is 4.79 Å². The Morgan fingerprint density at radius 3 is 3.00 bits per heavy atom. The van der Waals surface area contributed by atoms with Crippen molar-refractivity contribution in [2.24, 2.45) is 0 Å². The molecule has 1 aromatic carbocycles. The van der Waals surface area contributed by atoms with Crippen LogP contribution in [0.3, 0.4) is 0 Å². The first-order valence-corrected chi connectivity index (χ1v) is 5.38. The quantitative estimate of drug-likeness (QED) is 0.795. The Morgan fingerprint density at radius 1 is 1.44 bits per heavy atom. The molecule has 1 aromatic heterocycles. The molecule has 0 aliphatic carbocycles. The second kappa shape index (κ2) is 4.43. The molecule has 0 saturated heterocycles. The second-order valence-corrected chi connectivity index (χ2v) is 3.73. The fourth-order valence-corrected chi connectivity index (χ4v) is 1.65. The zero-order valence-corrected chi connectivity index (χ0v) is 9.11. The van der Waals surface area contributed by atoms with Crippen molar-refractivity contribution in [3.05, 3.63) is 40.6 Å². The predicted molar refractivity (Wildman–Crippen MR) is 60.9 cm³/mol. The average Bonchev–Trinajstić information content (AvgIpc) is 2.28. The third-order valence-electron chi connectivity index (χ3n) is 2.55. The van der Waals surface area contributed by atoms with Gasteiger partial charge in [0.1, 0.15) is 5.82 Å². The van der Waals surface area contributed by atoms with Crippen molar-refractivity contribution in [1.82, 2.24) is 9.78 Å². The van der Waals surface area contributed by atoms with Crippen LogP contribution in [0, 0.1) is 5.82 Å². The van der Waals surface area contributed by atoms with Gasteiger partial charge < -0.3 is 0 Å². The van der Waals surface area contributed by atoms with Crippen molar-refractivity contribution < 1.29 is 4.39 Å². The number of hydrogen-bond donors (Lipinski definition) is 0. The summed E-state index contributed by atoms with van der Waals surface area (Å²) in [4.78, 5) is 11.9. The van der Waals surface area contributed by atoms with Crippen molar-refractivity contribution >= 4 is 10.8 Å². The van der Waals surface area contributed by atoms with E-state index in [9.17, 15) is 9.18 Å². The molecule has 1 heterocycles. The molecule has 0 fully saturated rings. The minimum absolute atomic E-state index is 0.133. The molecule has 0 bridgehead atoms. The van der Waals surface area contributed by atoms with Gasteiger partial charge in [-0.2, -0.15) is 5.10 Å². The lowest BCUT2D eigenvalue weighted by atomic mass is 10.2. The zero-order chi connectivity index (χ0) is 11.5. The summed E-state index contributed by atoms with van der Waals surface area (Å²) in [5, 5.41) is 4.71. The van der Waals surface area contributed by atoms with E-state index >= 15 is 0 Å². The molecule has 4 heteroatoms. The third-order valence-corrected chi connectivity index (χ3v) is 2.55. The Balaban J connectivity index is 2.60. The summed E-state index contributed by atoms with van der Waals surface area (Å²) < 4.78 is 14.8. The van der Waals surface area contributed by atoms with E-state index in [0.29, 0.717) is 11.9 Å². The molecule has 16 heavy (non-hydrogen) atoms. The zero-order valence-electron chi connectivity index (χ0n) is 9.11. The molecule has 0 N–H and O–H groups in total. The molecule has 0 saturated carbocycles. The van der Waals surface area contributed by atoms with Gasteiger partial charge in [-0.15, -0.1) is 0 Å². The molecule has 0 aliphatic heterocycles. The van der Waals surface area contributed by atoms with Gasteiger partial charge in [-0.05, 0) is 12.5 Å². The summed E-state index contributed by atoms with van der Waals surface area (Å²) in [6, 6.07) is 4.57. The largest absolute Gasteiger partial charge is 0.277 e.